The van der Waals surface area contributed by atoms with Gasteiger partial charge >= 0.3 is 0 Å². The monoisotopic (exact) mass is 243 g/mol. The zero-order valence-corrected chi connectivity index (χ0v) is 10.2. The van der Waals surface area contributed by atoms with Crippen molar-refractivity contribution in [3.8, 4) is 5.75 Å². The van der Waals surface area contributed by atoms with Crippen molar-refractivity contribution < 1.29 is 14.0 Å². The van der Waals surface area contributed by atoms with Crippen LogP contribution in [0.5, 0.6) is 5.75 Å². The average Bonchev–Trinajstić information content (AvgIpc) is 2.17. The third kappa shape index (κ3) is 3.50. The average molecular weight is 243 g/mol. The molecule has 0 fully saturated rings. The summed E-state index contributed by atoms with van der Waals surface area (Å²) in [5, 5.41) is 9.39. The fraction of sp³-hybridized carbons (Fsp3) is 0.364. The molecule has 0 aliphatic heterocycles. The van der Waals surface area contributed by atoms with Gasteiger partial charge in [0.15, 0.2) is 0 Å². The molecule has 1 aromatic carbocycles. The molecular formula is C11H14FNO2S. The first-order valence-electron chi connectivity index (χ1n) is 4.75. The molecule has 88 valence electrons. The molecule has 0 aliphatic rings. The second-order valence-corrected chi connectivity index (χ2v) is 6.23. The summed E-state index contributed by atoms with van der Waals surface area (Å²) in [5.74, 6) is -0.558. The Morgan fingerprint density at radius 3 is 2.62 bits per heavy atom. The van der Waals surface area contributed by atoms with Crippen LogP contribution >= 0.6 is 0 Å². The number of phenolic OH excluding ortho intramolecular Hbond substituents is 1. The van der Waals surface area contributed by atoms with Crippen LogP contribution in [-0.2, 0) is 11.4 Å². The number of phenols is 1. The topological polar surface area (TPSA) is 55.7 Å². The van der Waals surface area contributed by atoms with Crippen molar-refractivity contribution in [3.63, 3.8) is 0 Å². The molecule has 0 saturated carbocycles. The van der Waals surface area contributed by atoms with Crippen LogP contribution < -0.4 is 0 Å². The zero-order valence-electron chi connectivity index (χ0n) is 9.40. The molecule has 0 aliphatic carbocycles. The van der Waals surface area contributed by atoms with Gasteiger partial charge in [-0.15, -0.1) is 0 Å². The van der Waals surface area contributed by atoms with E-state index in [0.29, 0.717) is 0 Å². The van der Waals surface area contributed by atoms with Gasteiger partial charge in [0.2, 0.25) is 0 Å². The Balaban J connectivity index is 2.88. The lowest BCUT2D eigenvalue weighted by atomic mass is 10.2. The Labute approximate surface area is 97.3 Å². The maximum atomic E-state index is 12.9. The Kier molecular flexibility index (Phi) is 3.93. The van der Waals surface area contributed by atoms with Crippen molar-refractivity contribution in [2.75, 3.05) is 0 Å². The summed E-state index contributed by atoms with van der Waals surface area (Å²) >= 11 is -1.42. The van der Waals surface area contributed by atoms with Gasteiger partial charge in [-0.25, -0.2) is 4.39 Å². The summed E-state index contributed by atoms with van der Waals surface area (Å²) in [6.07, 6.45) is 1.22. The standard InChI is InChI=1S/C11H14FNO2S/c1-11(2,3)16(15)13-7-8-6-9(12)4-5-10(8)14/h4-7,14H,1-3H3/b13-7+/t16-/m1/s1. The molecule has 0 aromatic heterocycles. The number of nitrogens with zero attached hydrogens (tertiary/aromatic N) is 1. The van der Waals surface area contributed by atoms with Crippen molar-refractivity contribution in [2.24, 2.45) is 4.40 Å². The van der Waals surface area contributed by atoms with Gasteiger partial charge in [0.05, 0.1) is 6.21 Å². The fourth-order valence-electron chi connectivity index (χ4n) is 0.892. The van der Waals surface area contributed by atoms with E-state index in [2.05, 4.69) is 4.40 Å². The molecule has 0 unspecified atom stereocenters. The van der Waals surface area contributed by atoms with Gasteiger partial charge in [-0.3, -0.25) is 0 Å². The predicted octanol–water partition coefficient (Wildman–Crippen LogP) is 2.41. The molecule has 1 N–H and O–H groups in total. The van der Waals surface area contributed by atoms with Crippen molar-refractivity contribution >= 4 is 17.6 Å². The van der Waals surface area contributed by atoms with E-state index in [4.69, 9.17) is 0 Å². The summed E-state index contributed by atoms with van der Waals surface area (Å²) < 4.78 is 27.7. The zero-order chi connectivity index (χ0) is 12.3. The third-order valence-corrected chi connectivity index (χ3v) is 3.15. The van der Waals surface area contributed by atoms with Crippen LogP contribution in [-0.4, -0.2) is 20.6 Å². The van der Waals surface area contributed by atoms with E-state index in [1.54, 1.807) is 20.8 Å². The summed E-state index contributed by atoms with van der Waals surface area (Å²) in [6.45, 7) is 5.35. The maximum absolute atomic E-state index is 12.9. The fourth-order valence-corrected chi connectivity index (χ4v) is 1.42. The van der Waals surface area contributed by atoms with Gasteiger partial charge in [0.1, 0.15) is 27.7 Å². The van der Waals surface area contributed by atoms with Crippen molar-refractivity contribution in [1.82, 2.24) is 0 Å². The number of aromatic hydroxyl groups is 1. The van der Waals surface area contributed by atoms with E-state index in [9.17, 15) is 14.0 Å². The quantitative estimate of drug-likeness (QED) is 0.640. The van der Waals surface area contributed by atoms with Crippen LogP contribution in [0.3, 0.4) is 0 Å². The lowest BCUT2D eigenvalue weighted by molar-refractivity contribution is 0.472. The molecule has 0 saturated heterocycles. The van der Waals surface area contributed by atoms with E-state index in [-0.39, 0.29) is 11.3 Å². The van der Waals surface area contributed by atoms with Crippen LogP contribution in [0.15, 0.2) is 22.6 Å². The highest BCUT2D eigenvalue weighted by atomic mass is 32.2. The third-order valence-electron chi connectivity index (χ3n) is 1.80. The minimum atomic E-state index is -1.42. The molecule has 0 heterocycles. The Bertz CT molecular complexity index is 401. The molecule has 1 atom stereocenters. The highest BCUT2D eigenvalue weighted by Gasteiger charge is 2.25. The van der Waals surface area contributed by atoms with Gasteiger partial charge in [-0.05, 0) is 39.0 Å². The maximum Gasteiger partial charge on any atom is 0.144 e. The van der Waals surface area contributed by atoms with Gasteiger partial charge in [0.25, 0.3) is 0 Å². The normalized spacial score (nSPS) is 14.3. The van der Waals surface area contributed by atoms with E-state index in [1.165, 1.54) is 12.3 Å². The molecule has 1 rings (SSSR count). The van der Waals surface area contributed by atoms with Crippen molar-refractivity contribution in [2.45, 2.75) is 25.5 Å². The Hall–Kier alpha value is -1.07. The van der Waals surface area contributed by atoms with Gasteiger partial charge in [0, 0.05) is 5.56 Å². The number of halogens is 1. The second-order valence-electron chi connectivity index (χ2n) is 4.30. The van der Waals surface area contributed by atoms with E-state index in [1.807, 2.05) is 0 Å². The minimum Gasteiger partial charge on any atom is -0.591 e. The van der Waals surface area contributed by atoms with Crippen molar-refractivity contribution in [3.05, 3.63) is 29.6 Å². The molecule has 16 heavy (non-hydrogen) atoms. The summed E-state index contributed by atoms with van der Waals surface area (Å²) in [6, 6.07) is 3.52. The number of benzene rings is 1. The van der Waals surface area contributed by atoms with Crippen LogP contribution in [0.1, 0.15) is 26.3 Å². The predicted molar refractivity (Wildman–Crippen MR) is 63.6 cm³/mol. The van der Waals surface area contributed by atoms with Crippen LogP contribution in [0, 0.1) is 5.82 Å². The number of hydrogen-bond acceptors (Lipinski definition) is 3. The smallest absolute Gasteiger partial charge is 0.144 e. The molecule has 1 aromatic rings. The first-order chi connectivity index (χ1) is 7.30. The molecule has 0 spiro atoms. The minimum absolute atomic E-state index is 0.0870. The summed E-state index contributed by atoms with van der Waals surface area (Å²) in [5.41, 5.74) is 0.220. The largest absolute Gasteiger partial charge is 0.591 e. The molecule has 0 radical (unpaired) electrons. The molecule has 0 amide bonds. The number of hydrogen-bond donors (Lipinski definition) is 1. The van der Waals surface area contributed by atoms with E-state index < -0.39 is 21.9 Å². The van der Waals surface area contributed by atoms with Gasteiger partial charge in [-0.1, -0.05) is 4.40 Å². The molecule has 5 heteroatoms. The first-order valence-corrected chi connectivity index (χ1v) is 5.86. The van der Waals surface area contributed by atoms with Gasteiger partial charge < -0.3 is 9.66 Å². The molecule has 0 bridgehead atoms. The van der Waals surface area contributed by atoms with Crippen LogP contribution in [0.2, 0.25) is 0 Å². The van der Waals surface area contributed by atoms with Crippen molar-refractivity contribution in [1.29, 1.82) is 0 Å². The van der Waals surface area contributed by atoms with E-state index >= 15 is 0 Å². The SMILES string of the molecule is CC(C)(C)[S@@+]([O-])/N=C/c1cc(F)ccc1O. The van der Waals surface area contributed by atoms with Crippen LogP contribution in [0.25, 0.3) is 0 Å². The lowest BCUT2D eigenvalue weighted by Gasteiger charge is -2.17. The number of rotatable bonds is 2. The molecular weight excluding hydrogens is 229 g/mol. The Morgan fingerprint density at radius 2 is 2.06 bits per heavy atom. The van der Waals surface area contributed by atoms with Crippen LogP contribution in [0.4, 0.5) is 4.39 Å². The lowest BCUT2D eigenvalue weighted by Crippen LogP contribution is -2.25. The first kappa shape index (κ1) is 13.0. The summed E-state index contributed by atoms with van der Waals surface area (Å²) in [7, 11) is 0. The van der Waals surface area contributed by atoms with E-state index in [0.717, 1.165) is 12.1 Å². The summed E-state index contributed by atoms with van der Waals surface area (Å²) in [4.78, 5) is 0. The second kappa shape index (κ2) is 4.84. The molecule has 3 nitrogen and oxygen atoms in total. The van der Waals surface area contributed by atoms with Gasteiger partial charge in [-0.2, -0.15) is 0 Å². The highest BCUT2D eigenvalue weighted by molar-refractivity contribution is 7.91. The highest BCUT2D eigenvalue weighted by Crippen LogP contribution is 2.19. The Morgan fingerprint density at radius 1 is 1.44 bits per heavy atom.